The van der Waals surface area contributed by atoms with Crippen LogP contribution in [-0.2, 0) is 19.1 Å². The molecule has 2 aliphatic rings. The number of allylic oxidation sites excluding steroid dienone is 1. The number of alkyl halides is 1. The average Bonchev–Trinajstić information content (AvgIpc) is 3.34. The third kappa shape index (κ3) is 6.37. The van der Waals surface area contributed by atoms with Crippen molar-refractivity contribution in [1.82, 2.24) is 10.3 Å². The van der Waals surface area contributed by atoms with Crippen molar-refractivity contribution in [1.29, 1.82) is 0 Å². The van der Waals surface area contributed by atoms with E-state index in [1.54, 1.807) is 11.3 Å². The smallest absolute Gasteiger partial charge is 0.237 e. The minimum Gasteiger partial charge on any atom is -0.388 e. The number of carbonyl (C=O) groups is 2. The van der Waals surface area contributed by atoms with E-state index >= 15 is 0 Å². The van der Waals surface area contributed by atoms with Gasteiger partial charge in [-0.2, -0.15) is 0 Å². The van der Waals surface area contributed by atoms with Gasteiger partial charge in [0.2, 0.25) is 11.8 Å². The summed E-state index contributed by atoms with van der Waals surface area (Å²) in [5, 5.41) is 14.0. The molecular weight excluding hydrogens is 552 g/mol. The van der Waals surface area contributed by atoms with Crippen LogP contribution in [-0.4, -0.2) is 64.1 Å². The molecule has 37 heavy (non-hydrogen) atoms. The minimum atomic E-state index is -1.23. The van der Waals surface area contributed by atoms with Crippen LogP contribution in [0, 0.1) is 11.8 Å². The highest BCUT2D eigenvalue weighted by Gasteiger charge is 2.67. The van der Waals surface area contributed by atoms with E-state index in [2.05, 4.69) is 16.4 Å². The van der Waals surface area contributed by atoms with Gasteiger partial charge in [0, 0.05) is 13.0 Å². The largest absolute Gasteiger partial charge is 0.388 e. The van der Waals surface area contributed by atoms with E-state index in [0.717, 1.165) is 14.6 Å². The van der Waals surface area contributed by atoms with Crippen molar-refractivity contribution in [2.45, 2.75) is 67.8 Å². The molecule has 1 aromatic carbocycles. The Morgan fingerprint density at radius 3 is 2.81 bits per heavy atom. The maximum Gasteiger partial charge on any atom is 0.237 e. The summed E-state index contributed by atoms with van der Waals surface area (Å²) in [5.41, 5.74) is 0.206. The third-order valence-electron chi connectivity index (χ3n) is 7.23. The lowest BCUT2D eigenvalue weighted by Crippen LogP contribution is -2.61. The summed E-state index contributed by atoms with van der Waals surface area (Å²) in [6, 6.07) is 7.88. The molecular formula is C26H33ClN2O5S3. The van der Waals surface area contributed by atoms with Crippen LogP contribution < -0.4 is 5.32 Å². The lowest BCUT2D eigenvalue weighted by molar-refractivity contribution is -0.163. The van der Waals surface area contributed by atoms with Crippen molar-refractivity contribution < 1.29 is 24.2 Å². The quantitative estimate of drug-likeness (QED) is 0.170. The predicted molar refractivity (Wildman–Crippen MR) is 151 cm³/mol. The van der Waals surface area contributed by atoms with Gasteiger partial charge in [-0.1, -0.05) is 34.6 Å². The standard InChI is InChI=1S/C26H33ClN2O5S3/c1-15(2)9-10-19-25(3,34-19)22-21(33-4)16(11-12-26(22,32)14-27)23(31)29-20(30)13-35-37-24-28-17-7-5-6-8-18(17)36-24/h5-9,16,19,21-22,32H,10-14H2,1-4H3,(H,29,30,31). The lowest BCUT2D eigenvalue weighted by Gasteiger charge is -2.48. The van der Waals surface area contributed by atoms with E-state index in [0.29, 0.717) is 19.3 Å². The Labute approximate surface area is 234 Å². The Hall–Kier alpha value is -1.14. The number of imide groups is 1. The molecule has 6 unspecified atom stereocenters. The van der Waals surface area contributed by atoms with E-state index in [9.17, 15) is 14.7 Å². The number of epoxide rings is 1. The van der Waals surface area contributed by atoms with E-state index < -0.39 is 35.0 Å². The number of carbonyl (C=O) groups excluding carboxylic acids is 2. The number of benzene rings is 1. The topological polar surface area (TPSA) is 101 Å². The fourth-order valence-electron chi connectivity index (χ4n) is 5.31. The van der Waals surface area contributed by atoms with Crippen molar-refractivity contribution in [3.8, 4) is 0 Å². The number of para-hydroxylation sites is 1. The van der Waals surface area contributed by atoms with Crippen molar-refractivity contribution >= 4 is 66.6 Å². The number of halogens is 1. The first-order valence-corrected chi connectivity index (χ1v) is 15.9. The molecule has 2 aromatic rings. The summed E-state index contributed by atoms with van der Waals surface area (Å²) < 4.78 is 13.9. The van der Waals surface area contributed by atoms with Crippen LogP contribution in [0.4, 0.5) is 0 Å². The number of nitrogens with one attached hydrogen (secondary N) is 1. The minimum absolute atomic E-state index is 0.0126. The van der Waals surface area contributed by atoms with Gasteiger partial charge in [0.1, 0.15) is 5.60 Å². The van der Waals surface area contributed by atoms with Crippen molar-refractivity contribution in [2.24, 2.45) is 11.8 Å². The van der Waals surface area contributed by atoms with E-state index in [-0.39, 0.29) is 23.6 Å². The maximum atomic E-state index is 13.2. The number of thiazole rings is 1. The van der Waals surface area contributed by atoms with Gasteiger partial charge in [0.15, 0.2) is 4.34 Å². The number of ether oxygens (including phenoxy) is 2. The molecule has 11 heteroatoms. The summed E-state index contributed by atoms with van der Waals surface area (Å²) in [6.07, 6.45) is 2.76. The van der Waals surface area contributed by atoms with Gasteiger partial charge in [-0.05, 0) is 63.0 Å². The normalized spacial score (nSPS) is 31.2. The first-order chi connectivity index (χ1) is 17.6. The molecule has 1 aromatic heterocycles. The summed E-state index contributed by atoms with van der Waals surface area (Å²) in [5.74, 6) is -1.76. The maximum absolute atomic E-state index is 13.2. The van der Waals surface area contributed by atoms with Crippen LogP contribution >= 0.6 is 44.5 Å². The molecule has 0 spiro atoms. The lowest BCUT2D eigenvalue weighted by atomic mass is 9.63. The van der Waals surface area contributed by atoms with Gasteiger partial charge in [-0.15, -0.1) is 22.9 Å². The van der Waals surface area contributed by atoms with E-state index in [4.69, 9.17) is 21.1 Å². The molecule has 0 radical (unpaired) electrons. The molecule has 2 N–H and O–H groups in total. The Bertz CT molecular complexity index is 1140. The second-order valence-electron chi connectivity index (χ2n) is 10.1. The van der Waals surface area contributed by atoms with Gasteiger partial charge < -0.3 is 14.6 Å². The first-order valence-electron chi connectivity index (χ1n) is 12.2. The van der Waals surface area contributed by atoms with Gasteiger partial charge in [-0.3, -0.25) is 14.9 Å². The molecule has 0 bridgehead atoms. The zero-order chi connectivity index (χ0) is 26.8. The van der Waals surface area contributed by atoms with Crippen LogP contribution in [0.3, 0.4) is 0 Å². The molecule has 1 saturated carbocycles. The molecule has 2 heterocycles. The van der Waals surface area contributed by atoms with Crippen molar-refractivity contribution in [3.63, 3.8) is 0 Å². The van der Waals surface area contributed by atoms with Crippen LogP contribution in [0.1, 0.15) is 40.0 Å². The first kappa shape index (κ1) is 28.9. The Morgan fingerprint density at radius 1 is 1.38 bits per heavy atom. The predicted octanol–water partition coefficient (Wildman–Crippen LogP) is 5.20. The van der Waals surface area contributed by atoms with E-state index in [1.807, 2.05) is 45.0 Å². The van der Waals surface area contributed by atoms with E-state index in [1.165, 1.54) is 34.3 Å². The second-order valence-corrected chi connectivity index (χ2v) is 13.9. The van der Waals surface area contributed by atoms with Crippen LogP contribution in [0.15, 0.2) is 40.3 Å². The summed E-state index contributed by atoms with van der Waals surface area (Å²) >= 11 is 7.83. The molecule has 6 atom stereocenters. The fourth-order valence-corrected chi connectivity index (χ4v) is 8.84. The SMILES string of the molecule is COC1C(C(=O)NC(=O)CSSc2nc3ccccc3s2)CCC(O)(CCl)C1C1(C)OC1CC=C(C)C. The number of aromatic nitrogens is 1. The number of hydrogen-bond acceptors (Lipinski definition) is 9. The summed E-state index contributed by atoms with van der Waals surface area (Å²) in [7, 11) is 4.29. The van der Waals surface area contributed by atoms with Crippen LogP contribution in [0.2, 0.25) is 0 Å². The van der Waals surface area contributed by atoms with Crippen molar-refractivity contribution in [2.75, 3.05) is 18.7 Å². The van der Waals surface area contributed by atoms with Crippen LogP contribution in [0.5, 0.6) is 0 Å². The highest BCUT2D eigenvalue weighted by atomic mass is 35.5. The summed E-state index contributed by atoms with van der Waals surface area (Å²) in [4.78, 5) is 30.4. The molecule has 2 fully saturated rings. The number of amides is 2. The fraction of sp³-hybridized carbons (Fsp3) is 0.577. The monoisotopic (exact) mass is 584 g/mol. The number of hydrogen-bond donors (Lipinski definition) is 2. The average molecular weight is 585 g/mol. The molecule has 7 nitrogen and oxygen atoms in total. The molecule has 2 amide bonds. The van der Waals surface area contributed by atoms with Crippen LogP contribution in [0.25, 0.3) is 10.2 Å². The zero-order valence-electron chi connectivity index (χ0n) is 21.4. The highest BCUT2D eigenvalue weighted by molar-refractivity contribution is 8.77. The Kier molecular flexibility index (Phi) is 9.31. The molecule has 4 rings (SSSR count). The van der Waals surface area contributed by atoms with Gasteiger partial charge >= 0.3 is 0 Å². The number of aliphatic hydroxyl groups is 1. The van der Waals surface area contributed by atoms with Gasteiger partial charge in [-0.25, -0.2) is 4.98 Å². The number of methoxy groups -OCH3 is 1. The van der Waals surface area contributed by atoms with Crippen molar-refractivity contribution in [3.05, 3.63) is 35.9 Å². The third-order valence-corrected chi connectivity index (χ3v) is 11.2. The summed E-state index contributed by atoms with van der Waals surface area (Å²) in [6.45, 7) is 6.01. The van der Waals surface area contributed by atoms with Gasteiger partial charge in [0.25, 0.3) is 0 Å². The zero-order valence-corrected chi connectivity index (χ0v) is 24.6. The number of rotatable bonds is 10. The number of nitrogens with zero attached hydrogens (tertiary/aromatic N) is 1. The molecule has 1 saturated heterocycles. The van der Waals surface area contributed by atoms with Gasteiger partial charge in [0.05, 0.1) is 45.6 Å². The Morgan fingerprint density at radius 2 is 2.14 bits per heavy atom. The number of fused-ring (bicyclic) bond motifs is 1. The molecule has 202 valence electrons. The molecule has 1 aliphatic carbocycles. The highest BCUT2D eigenvalue weighted by Crippen LogP contribution is 2.55. The second kappa shape index (κ2) is 11.9. The Balaban J connectivity index is 1.37. The molecule has 1 aliphatic heterocycles.